The Morgan fingerprint density at radius 1 is 1.07 bits per heavy atom. The number of amides is 1. The maximum atomic E-state index is 14.6. The lowest BCUT2D eigenvalue weighted by molar-refractivity contribution is -0.192. The van der Waals surface area contributed by atoms with Gasteiger partial charge in [0.1, 0.15) is 5.82 Å². The van der Waals surface area contributed by atoms with Gasteiger partial charge in [0.05, 0.1) is 16.8 Å². The molecule has 14 heteroatoms. The predicted molar refractivity (Wildman–Crippen MR) is 160 cm³/mol. The number of nitrogens with two attached hydrogens (primary N) is 1. The molecule has 0 aliphatic carbocycles. The minimum Gasteiger partial charge on any atom is -0.475 e. The number of carbonyl (C=O) groups excluding carboxylic acids is 1. The van der Waals surface area contributed by atoms with Crippen molar-refractivity contribution in [3.8, 4) is 11.1 Å². The Kier molecular flexibility index (Phi) is 10.9. The molecular weight excluding hydrogens is 604 g/mol. The van der Waals surface area contributed by atoms with E-state index in [1.54, 1.807) is 17.3 Å². The van der Waals surface area contributed by atoms with Crippen LogP contribution in [0.5, 0.6) is 0 Å². The number of aromatic nitrogens is 1. The molecule has 0 saturated carbocycles. The fourth-order valence-corrected chi connectivity index (χ4v) is 6.21. The first-order valence-corrected chi connectivity index (χ1v) is 15.7. The lowest BCUT2D eigenvalue weighted by Gasteiger charge is -2.31. The number of aromatic amines is 1. The second kappa shape index (κ2) is 13.7. The van der Waals surface area contributed by atoms with Crippen molar-refractivity contribution in [2.75, 3.05) is 25.4 Å². The van der Waals surface area contributed by atoms with Crippen molar-refractivity contribution in [1.29, 1.82) is 0 Å². The van der Waals surface area contributed by atoms with Crippen LogP contribution in [-0.2, 0) is 21.4 Å². The number of halogens is 4. The molecule has 1 aliphatic heterocycles. The second-order valence-electron chi connectivity index (χ2n) is 11.9. The highest BCUT2D eigenvalue weighted by atomic mass is 32.2. The van der Waals surface area contributed by atoms with Gasteiger partial charge in [-0.1, -0.05) is 20.8 Å². The number of hydrogen-bond acceptors (Lipinski definition) is 5. The summed E-state index contributed by atoms with van der Waals surface area (Å²) in [6, 6.07) is 8.61. The zero-order chi connectivity index (χ0) is 33.0. The Morgan fingerprint density at radius 2 is 1.66 bits per heavy atom. The third kappa shape index (κ3) is 9.02. The van der Waals surface area contributed by atoms with Gasteiger partial charge in [0.25, 0.3) is 5.91 Å². The van der Waals surface area contributed by atoms with E-state index in [1.807, 2.05) is 18.3 Å². The predicted octanol–water partition coefficient (Wildman–Crippen LogP) is 5.37. The van der Waals surface area contributed by atoms with E-state index in [9.17, 15) is 30.8 Å². The number of primary amides is 1. The van der Waals surface area contributed by atoms with Crippen molar-refractivity contribution in [2.45, 2.75) is 59.2 Å². The van der Waals surface area contributed by atoms with Gasteiger partial charge in [0.2, 0.25) is 10.0 Å². The van der Waals surface area contributed by atoms with Crippen molar-refractivity contribution in [3.63, 3.8) is 0 Å². The quantitative estimate of drug-likeness (QED) is 0.243. The molecular formula is C30H38F4N4O5S. The summed E-state index contributed by atoms with van der Waals surface area (Å²) in [7, 11) is -3.22. The van der Waals surface area contributed by atoms with Crippen LogP contribution < -0.4 is 11.1 Å². The van der Waals surface area contributed by atoms with Crippen molar-refractivity contribution < 1.29 is 40.7 Å². The van der Waals surface area contributed by atoms with Gasteiger partial charge in [0, 0.05) is 37.8 Å². The molecule has 1 fully saturated rings. The van der Waals surface area contributed by atoms with Gasteiger partial charge in [-0.2, -0.15) is 13.2 Å². The third-order valence-electron chi connectivity index (χ3n) is 7.26. The molecule has 4 rings (SSSR count). The molecule has 1 saturated heterocycles. The van der Waals surface area contributed by atoms with E-state index in [4.69, 9.17) is 15.6 Å². The van der Waals surface area contributed by atoms with Gasteiger partial charge in [-0.25, -0.2) is 21.9 Å². The highest BCUT2D eigenvalue weighted by Gasteiger charge is 2.38. The van der Waals surface area contributed by atoms with Crippen LogP contribution in [0.25, 0.3) is 22.0 Å². The van der Waals surface area contributed by atoms with Crippen molar-refractivity contribution in [3.05, 3.63) is 59.0 Å². The normalized spacial score (nSPS) is 15.2. The van der Waals surface area contributed by atoms with Crippen LogP contribution >= 0.6 is 0 Å². The van der Waals surface area contributed by atoms with E-state index in [-0.39, 0.29) is 22.9 Å². The van der Waals surface area contributed by atoms with Gasteiger partial charge < -0.3 is 21.1 Å². The molecule has 2 heterocycles. The lowest BCUT2D eigenvalue weighted by Crippen LogP contribution is -2.38. The Bertz CT molecular complexity index is 1610. The summed E-state index contributed by atoms with van der Waals surface area (Å²) < 4.78 is 72.5. The third-order valence-corrected chi connectivity index (χ3v) is 9.14. The molecule has 0 unspecified atom stereocenters. The minimum absolute atomic E-state index is 0.0947. The number of carboxylic acid groups (broad SMARTS) is 1. The van der Waals surface area contributed by atoms with Crippen LogP contribution in [0.3, 0.4) is 0 Å². The number of benzene rings is 2. The van der Waals surface area contributed by atoms with Crippen molar-refractivity contribution in [1.82, 2.24) is 14.6 Å². The molecule has 9 nitrogen and oxygen atoms in total. The molecule has 5 N–H and O–H groups in total. The molecule has 0 radical (unpaired) electrons. The van der Waals surface area contributed by atoms with Crippen LogP contribution in [0.2, 0.25) is 0 Å². The summed E-state index contributed by atoms with van der Waals surface area (Å²) in [5, 5.41) is 11.4. The molecule has 44 heavy (non-hydrogen) atoms. The number of fused-ring (bicyclic) bond motifs is 1. The zero-order valence-corrected chi connectivity index (χ0v) is 25.8. The van der Waals surface area contributed by atoms with Gasteiger partial charge >= 0.3 is 12.1 Å². The summed E-state index contributed by atoms with van der Waals surface area (Å²) >= 11 is 0. The fraction of sp³-hybridized carbons (Fsp3) is 0.467. The number of sulfonamides is 1. The Balaban J connectivity index is 0.000000676. The Morgan fingerprint density at radius 3 is 2.18 bits per heavy atom. The van der Waals surface area contributed by atoms with Crippen molar-refractivity contribution >= 4 is 32.8 Å². The largest absolute Gasteiger partial charge is 0.490 e. The van der Waals surface area contributed by atoms with Gasteiger partial charge in [-0.05, 0) is 83.7 Å². The van der Waals surface area contributed by atoms with Crippen LogP contribution in [-0.4, -0.2) is 66.3 Å². The molecule has 0 spiro atoms. The molecule has 1 amide bonds. The number of carbonyl (C=O) groups is 2. The molecule has 1 aromatic heterocycles. The first-order chi connectivity index (χ1) is 20.3. The monoisotopic (exact) mass is 642 g/mol. The van der Waals surface area contributed by atoms with E-state index in [0.29, 0.717) is 54.7 Å². The summed E-state index contributed by atoms with van der Waals surface area (Å²) in [5.74, 6) is -3.43. The second-order valence-corrected chi connectivity index (χ2v) is 14.2. The first-order valence-electron chi connectivity index (χ1n) is 14.1. The number of nitrogens with zero attached hydrogens (tertiary/aromatic N) is 1. The standard InChI is InChI=1S/C28H37FN4O3S.C2HF3O2/c1-5-37(35,36)33-8-6-19(7-9-33)25-16-32-26-23(25)13-21(14-24(26)27(30)34)20-10-18(11-22(29)12-20)15-31-17-28(2,3)4;3-2(4,5)1(6)7/h10-14,16,19,31-32H,5-9,15,17H2,1-4H3,(H2,30,34);(H,6,7). The number of carboxylic acids is 1. The SMILES string of the molecule is CCS(=O)(=O)N1CCC(c2c[nH]c3c(C(N)=O)cc(-c4cc(F)cc(CNCC(C)(C)C)c4)cc23)CC1.O=C(O)C(F)(F)F. The molecule has 2 aromatic carbocycles. The number of alkyl halides is 3. The van der Waals surface area contributed by atoms with Gasteiger partial charge in [0.15, 0.2) is 0 Å². The van der Waals surface area contributed by atoms with E-state index < -0.39 is 28.1 Å². The smallest absolute Gasteiger partial charge is 0.475 e. The van der Waals surface area contributed by atoms with Crippen LogP contribution in [0.1, 0.15) is 67.9 Å². The maximum Gasteiger partial charge on any atom is 0.490 e. The summed E-state index contributed by atoms with van der Waals surface area (Å²) in [6.45, 7) is 10.3. The summed E-state index contributed by atoms with van der Waals surface area (Å²) in [4.78, 5) is 24.5. The number of hydrogen-bond donors (Lipinski definition) is 4. The van der Waals surface area contributed by atoms with Crippen LogP contribution in [0, 0.1) is 11.2 Å². The van der Waals surface area contributed by atoms with E-state index in [1.165, 1.54) is 12.1 Å². The first kappa shape index (κ1) is 35.0. The fourth-order valence-electron chi connectivity index (χ4n) is 5.08. The van der Waals surface area contributed by atoms with Gasteiger partial charge in [-0.3, -0.25) is 4.79 Å². The Labute approximate surface area is 253 Å². The number of nitrogens with one attached hydrogen (secondary N) is 2. The van der Waals surface area contributed by atoms with E-state index in [2.05, 4.69) is 31.1 Å². The highest BCUT2D eigenvalue weighted by molar-refractivity contribution is 7.89. The lowest BCUT2D eigenvalue weighted by atomic mass is 9.88. The molecule has 0 bridgehead atoms. The number of piperidine rings is 1. The average Bonchev–Trinajstić information content (AvgIpc) is 3.35. The van der Waals surface area contributed by atoms with Gasteiger partial charge in [-0.15, -0.1) is 0 Å². The Hall–Kier alpha value is -3.49. The van der Waals surface area contributed by atoms with Crippen molar-refractivity contribution in [2.24, 2.45) is 11.1 Å². The molecule has 242 valence electrons. The summed E-state index contributed by atoms with van der Waals surface area (Å²) in [6.07, 6.45) is -1.82. The summed E-state index contributed by atoms with van der Waals surface area (Å²) in [5.41, 5.74) is 10.1. The minimum atomic E-state index is -5.08. The van der Waals surface area contributed by atoms with E-state index >= 15 is 0 Å². The van der Waals surface area contributed by atoms with Crippen LogP contribution in [0.15, 0.2) is 36.5 Å². The van der Waals surface area contributed by atoms with E-state index in [0.717, 1.165) is 23.1 Å². The topological polar surface area (TPSA) is 146 Å². The number of aliphatic carboxylic acids is 1. The highest BCUT2D eigenvalue weighted by Crippen LogP contribution is 2.37. The average molecular weight is 643 g/mol. The number of rotatable bonds is 8. The maximum absolute atomic E-state index is 14.6. The molecule has 0 atom stereocenters. The van der Waals surface area contributed by atoms with Crippen LogP contribution in [0.4, 0.5) is 17.6 Å². The molecule has 3 aromatic rings. The zero-order valence-electron chi connectivity index (χ0n) is 25.0. The molecule has 1 aliphatic rings. The number of H-pyrrole nitrogens is 1.